The van der Waals surface area contributed by atoms with E-state index in [4.69, 9.17) is 0 Å². The van der Waals surface area contributed by atoms with Crippen molar-refractivity contribution in [3.63, 3.8) is 0 Å². The van der Waals surface area contributed by atoms with Crippen LogP contribution in [0, 0.1) is 5.92 Å². The van der Waals surface area contributed by atoms with Gasteiger partial charge in [-0.25, -0.2) is 8.42 Å². The smallest absolute Gasteiger partial charge is 0.257 e. The van der Waals surface area contributed by atoms with Crippen LogP contribution in [0.4, 0.5) is 0 Å². The molecule has 1 aliphatic carbocycles. The highest BCUT2D eigenvalue weighted by Crippen LogP contribution is 2.35. The van der Waals surface area contributed by atoms with Gasteiger partial charge in [0.05, 0.1) is 35.3 Å². The highest BCUT2D eigenvalue weighted by molar-refractivity contribution is 7.91. The van der Waals surface area contributed by atoms with Gasteiger partial charge in [-0.15, -0.1) is 0 Å². The van der Waals surface area contributed by atoms with Crippen molar-refractivity contribution in [2.75, 3.05) is 24.6 Å². The fourth-order valence-corrected chi connectivity index (χ4v) is 5.72. The van der Waals surface area contributed by atoms with Gasteiger partial charge in [-0.1, -0.05) is 0 Å². The first kappa shape index (κ1) is 15.6. The number of piperazine rings is 1. The Labute approximate surface area is 140 Å². The van der Waals surface area contributed by atoms with Crippen LogP contribution in [0.2, 0.25) is 0 Å². The molecule has 0 aromatic carbocycles. The Bertz CT molecular complexity index is 798. The Balaban J connectivity index is 1.62. The maximum atomic E-state index is 12.8. The lowest BCUT2D eigenvalue weighted by molar-refractivity contribution is -0.137. The summed E-state index contributed by atoms with van der Waals surface area (Å²) in [7, 11) is -1.52. The van der Waals surface area contributed by atoms with E-state index in [0.717, 1.165) is 12.8 Å². The molecule has 3 heterocycles. The van der Waals surface area contributed by atoms with Crippen LogP contribution >= 0.6 is 0 Å². The number of aryl methyl sites for hydroxylation is 1. The Hall–Kier alpha value is -1.90. The normalized spacial score (nSPS) is 28.7. The van der Waals surface area contributed by atoms with Crippen molar-refractivity contribution < 1.29 is 18.0 Å². The number of carbonyl (C=O) groups is 2. The minimum atomic E-state index is -3.25. The number of fused-ring (bicyclic) bond motifs is 1. The lowest BCUT2D eigenvalue weighted by atomic mass is 10.0. The summed E-state index contributed by atoms with van der Waals surface area (Å²) in [4.78, 5) is 28.6. The van der Waals surface area contributed by atoms with Crippen LogP contribution in [0.5, 0.6) is 0 Å². The molecule has 24 heavy (non-hydrogen) atoms. The van der Waals surface area contributed by atoms with Crippen LogP contribution in [-0.4, -0.2) is 76.5 Å². The third kappa shape index (κ3) is 2.60. The molecule has 2 saturated heterocycles. The third-order valence-electron chi connectivity index (χ3n) is 5.10. The zero-order chi connectivity index (χ0) is 17.1. The molecular formula is C15H20N4O4S. The van der Waals surface area contributed by atoms with Gasteiger partial charge in [-0.05, 0) is 12.8 Å². The first-order valence-electron chi connectivity index (χ1n) is 8.16. The van der Waals surface area contributed by atoms with Gasteiger partial charge in [0.25, 0.3) is 5.91 Å². The van der Waals surface area contributed by atoms with E-state index in [1.807, 2.05) is 0 Å². The van der Waals surface area contributed by atoms with Gasteiger partial charge in [0.15, 0.2) is 9.84 Å². The number of rotatable bonds is 2. The Morgan fingerprint density at radius 2 is 1.75 bits per heavy atom. The molecule has 0 N–H and O–H groups in total. The largest absolute Gasteiger partial charge is 0.335 e. The molecule has 1 saturated carbocycles. The molecule has 130 valence electrons. The van der Waals surface area contributed by atoms with Crippen molar-refractivity contribution in [1.82, 2.24) is 19.6 Å². The van der Waals surface area contributed by atoms with Crippen molar-refractivity contribution in [2.45, 2.75) is 24.9 Å². The molecule has 0 unspecified atom stereocenters. The molecule has 3 aliphatic rings. The molecule has 9 heteroatoms. The van der Waals surface area contributed by atoms with E-state index in [-0.39, 0.29) is 29.2 Å². The monoisotopic (exact) mass is 352 g/mol. The average molecular weight is 352 g/mol. The Kier molecular flexibility index (Phi) is 3.45. The summed E-state index contributed by atoms with van der Waals surface area (Å²) in [5.74, 6) is -0.232. The standard InChI is InChI=1S/C15H20N4O4S/c1-17-7-11(6-16-17)15(21)19-5-4-18(14(20)10-2-3-10)12-8-24(22,23)9-13(12)19/h6-7,10,12-13H,2-5,8-9H2,1H3/t12-,13+/m1/s1. The van der Waals surface area contributed by atoms with Gasteiger partial charge in [0.2, 0.25) is 5.91 Å². The van der Waals surface area contributed by atoms with Crippen LogP contribution in [0.1, 0.15) is 23.2 Å². The lowest BCUT2D eigenvalue weighted by Crippen LogP contribution is -2.62. The second kappa shape index (κ2) is 5.30. The highest BCUT2D eigenvalue weighted by atomic mass is 32.2. The molecule has 2 atom stereocenters. The minimum Gasteiger partial charge on any atom is -0.335 e. The van der Waals surface area contributed by atoms with Crippen molar-refractivity contribution >= 4 is 21.7 Å². The topological polar surface area (TPSA) is 92.6 Å². The summed E-state index contributed by atoms with van der Waals surface area (Å²) in [5, 5.41) is 4.01. The summed E-state index contributed by atoms with van der Waals surface area (Å²) in [6.45, 7) is 0.765. The number of sulfone groups is 1. The Morgan fingerprint density at radius 1 is 1.12 bits per heavy atom. The maximum Gasteiger partial charge on any atom is 0.257 e. The first-order chi connectivity index (χ1) is 11.4. The van der Waals surface area contributed by atoms with E-state index < -0.39 is 21.9 Å². The molecule has 2 amide bonds. The van der Waals surface area contributed by atoms with Crippen LogP contribution < -0.4 is 0 Å². The summed E-state index contributed by atoms with van der Waals surface area (Å²) in [6, 6.07) is -0.878. The van der Waals surface area contributed by atoms with Crippen LogP contribution in [-0.2, 0) is 21.7 Å². The van der Waals surface area contributed by atoms with E-state index in [2.05, 4.69) is 5.10 Å². The molecule has 0 spiro atoms. The molecule has 1 aromatic heterocycles. The number of nitrogens with zero attached hydrogens (tertiary/aromatic N) is 4. The first-order valence-corrected chi connectivity index (χ1v) is 9.98. The maximum absolute atomic E-state index is 12.8. The van der Waals surface area contributed by atoms with Crippen LogP contribution in [0.15, 0.2) is 12.4 Å². The summed E-state index contributed by atoms with van der Waals surface area (Å²) in [6.07, 6.45) is 4.89. The lowest BCUT2D eigenvalue weighted by Gasteiger charge is -2.43. The van der Waals surface area contributed by atoms with E-state index in [0.29, 0.717) is 18.7 Å². The van der Waals surface area contributed by atoms with Gasteiger partial charge in [0.1, 0.15) is 0 Å². The van der Waals surface area contributed by atoms with Crippen molar-refractivity contribution in [3.8, 4) is 0 Å². The van der Waals surface area contributed by atoms with E-state index in [9.17, 15) is 18.0 Å². The number of amides is 2. The van der Waals surface area contributed by atoms with Crippen LogP contribution in [0.3, 0.4) is 0 Å². The second-order valence-corrected chi connectivity index (χ2v) is 9.07. The summed E-state index contributed by atoms with van der Waals surface area (Å²) >= 11 is 0. The number of aromatic nitrogens is 2. The molecule has 0 bridgehead atoms. The molecule has 4 rings (SSSR count). The zero-order valence-electron chi connectivity index (χ0n) is 13.5. The van der Waals surface area contributed by atoms with E-state index >= 15 is 0 Å². The van der Waals surface area contributed by atoms with Gasteiger partial charge >= 0.3 is 0 Å². The minimum absolute atomic E-state index is 0.0487. The van der Waals surface area contributed by atoms with Crippen molar-refractivity contribution in [3.05, 3.63) is 18.0 Å². The third-order valence-corrected chi connectivity index (χ3v) is 6.80. The average Bonchev–Trinajstić information content (AvgIpc) is 3.20. The van der Waals surface area contributed by atoms with Gasteiger partial charge in [0, 0.05) is 32.3 Å². The predicted octanol–water partition coefficient (Wildman–Crippen LogP) is -0.720. The second-order valence-electron chi connectivity index (χ2n) is 6.92. The molecule has 3 fully saturated rings. The number of carbonyl (C=O) groups excluding carboxylic acids is 2. The Morgan fingerprint density at radius 3 is 2.33 bits per heavy atom. The fourth-order valence-electron chi connectivity index (χ4n) is 3.74. The molecule has 2 aliphatic heterocycles. The zero-order valence-corrected chi connectivity index (χ0v) is 14.3. The quantitative estimate of drug-likeness (QED) is 0.700. The highest BCUT2D eigenvalue weighted by Gasteiger charge is 2.51. The number of hydrogen-bond donors (Lipinski definition) is 0. The van der Waals surface area contributed by atoms with Crippen LogP contribution in [0.25, 0.3) is 0 Å². The molecule has 0 radical (unpaired) electrons. The predicted molar refractivity (Wildman–Crippen MR) is 84.9 cm³/mol. The molecule has 1 aromatic rings. The van der Waals surface area contributed by atoms with E-state index in [1.165, 1.54) is 6.20 Å². The molecule has 8 nitrogen and oxygen atoms in total. The van der Waals surface area contributed by atoms with Gasteiger partial charge in [-0.2, -0.15) is 5.10 Å². The summed E-state index contributed by atoms with van der Waals surface area (Å²) < 4.78 is 25.9. The van der Waals surface area contributed by atoms with Crippen molar-refractivity contribution in [1.29, 1.82) is 0 Å². The van der Waals surface area contributed by atoms with Crippen molar-refractivity contribution in [2.24, 2.45) is 13.0 Å². The fraction of sp³-hybridized carbons (Fsp3) is 0.667. The summed E-state index contributed by atoms with van der Waals surface area (Å²) in [5.41, 5.74) is 0.447. The van der Waals surface area contributed by atoms with E-state index in [1.54, 1.807) is 27.7 Å². The van der Waals surface area contributed by atoms with Gasteiger partial charge in [-0.3, -0.25) is 14.3 Å². The van der Waals surface area contributed by atoms with Gasteiger partial charge < -0.3 is 9.80 Å². The number of hydrogen-bond acceptors (Lipinski definition) is 5. The SMILES string of the molecule is Cn1cc(C(=O)N2CCN(C(=O)C3CC3)[C@@H]3CS(=O)(=O)C[C@@H]32)cn1. The molecular weight excluding hydrogens is 332 g/mol.